The minimum atomic E-state index is -0.273. The molecule has 5 nitrogen and oxygen atoms in total. The fraction of sp³-hybridized carbons (Fsp3) is 1.00. The maximum absolute atomic E-state index is 10.1. The molecule has 3 atom stereocenters. The fourth-order valence-electron chi connectivity index (χ4n) is 3.09. The molecule has 0 saturated carbocycles. The van der Waals surface area contributed by atoms with Gasteiger partial charge < -0.3 is 20.1 Å². The molecule has 3 unspecified atom stereocenters. The number of β-amino-alcohol motifs (C(OH)–C–C–N with tert-alkyl or cyclic N) is 1. The maximum Gasteiger partial charge on any atom is 0.0791 e. The Kier molecular flexibility index (Phi) is 6.04. The average molecular weight is 271 g/mol. The lowest BCUT2D eigenvalue weighted by Gasteiger charge is -2.36. The van der Waals surface area contributed by atoms with E-state index in [1.54, 1.807) is 0 Å². The van der Waals surface area contributed by atoms with Gasteiger partial charge in [0, 0.05) is 38.8 Å². The number of likely N-dealkylation sites (tertiary alicyclic amines) is 1. The van der Waals surface area contributed by atoms with Gasteiger partial charge in [-0.2, -0.15) is 0 Å². The fourth-order valence-corrected chi connectivity index (χ4v) is 3.09. The summed E-state index contributed by atoms with van der Waals surface area (Å²) in [6.07, 6.45) is 0.909. The molecule has 2 saturated heterocycles. The number of nitrogens with zero attached hydrogens (tertiary/aromatic N) is 2. The molecule has 2 N–H and O–H groups in total. The number of morpholine rings is 1. The summed E-state index contributed by atoms with van der Waals surface area (Å²) in [5.41, 5.74) is 0. The molecule has 2 rings (SSSR count). The van der Waals surface area contributed by atoms with Gasteiger partial charge >= 0.3 is 0 Å². The lowest BCUT2D eigenvalue weighted by molar-refractivity contribution is 0.0136. The molecular formula is C14H29N3O2. The minimum Gasteiger partial charge on any atom is -0.390 e. The van der Waals surface area contributed by atoms with Gasteiger partial charge in [0.2, 0.25) is 0 Å². The highest BCUT2D eigenvalue weighted by Crippen LogP contribution is 2.15. The molecule has 2 heterocycles. The monoisotopic (exact) mass is 271 g/mol. The third-order valence-corrected chi connectivity index (χ3v) is 4.30. The molecule has 5 heteroatoms. The predicted molar refractivity (Wildman–Crippen MR) is 76.3 cm³/mol. The quantitative estimate of drug-likeness (QED) is 0.713. The average Bonchev–Trinajstić information content (AvgIpc) is 2.39. The Balaban J connectivity index is 1.63. The van der Waals surface area contributed by atoms with Crippen molar-refractivity contribution in [3.8, 4) is 0 Å². The van der Waals surface area contributed by atoms with Crippen LogP contribution in [0.2, 0.25) is 0 Å². The number of rotatable bonds is 5. The molecule has 0 amide bonds. The third-order valence-electron chi connectivity index (χ3n) is 4.30. The Morgan fingerprint density at radius 3 is 2.74 bits per heavy atom. The first-order valence-corrected chi connectivity index (χ1v) is 7.55. The third kappa shape index (κ3) is 5.00. The van der Waals surface area contributed by atoms with Crippen LogP contribution in [-0.2, 0) is 4.74 Å². The van der Waals surface area contributed by atoms with Crippen LogP contribution in [0.1, 0.15) is 13.3 Å². The molecule has 0 spiro atoms. The lowest BCUT2D eigenvalue weighted by atomic mass is 9.94. The van der Waals surface area contributed by atoms with E-state index in [-0.39, 0.29) is 6.10 Å². The number of nitrogens with one attached hydrogen (secondary N) is 1. The second-order valence-corrected chi connectivity index (χ2v) is 6.11. The van der Waals surface area contributed by atoms with Gasteiger partial charge in [0.1, 0.15) is 0 Å². The Morgan fingerprint density at radius 2 is 2.05 bits per heavy atom. The molecule has 19 heavy (non-hydrogen) atoms. The van der Waals surface area contributed by atoms with Crippen molar-refractivity contribution in [2.24, 2.45) is 5.92 Å². The van der Waals surface area contributed by atoms with Gasteiger partial charge in [-0.05, 0) is 25.9 Å². The van der Waals surface area contributed by atoms with Crippen LogP contribution in [0.25, 0.3) is 0 Å². The predicted octanol–water partition coefficient (Wildman–Crippen LogP) is -0.391. The van der Waals surface area contributed by atoms with Crippen LogP contribution in [0.5, 0.6) is 0 Å². The summed E-state index contributed by atoms with van der Waals surface area (Å²) in [7, 11) is 2.18. The van der Waals surface area contributed by atoms with Gasteiger partial charge in [0.05, 0.1) is 19.3 Å². The van der Waals surface area contributed by atoms with E-state index in [9.17, 15) is 5.11 Å². The van der Waals surface area contributed by atoms with Crippen molar-refractivity contribution in [1.82, 2.24) is 15.1 Å². The minimum absolute atomic E-state index is 0.273. The summed E-state index contributed by atoms with van der Waals surface area (Å²) >= 11 is 0. The number of piperidine rings is 1. The smallest absolute Gasteiger partial charge is 0.0791 e. The van der Waals surface area contributed by atoms with E-state index in [0.29, 0.717) is 18.5 Å². The van der Waals surface area contributed by atoms with Crippen LogP contribution >= 0.6 is 0 Å². The van der Waals surface area contributed by atoms with Crippen molar-refractivity contribution in [3.05, 3.63) is 0 Å². The van der Waals surface area contributed by atoms with Gasteiger partial charge in [-0.1, -0.05) is 6.92 Å². The second kappa shape index (κ2) is 7.55. The van der Waals surface area contributed by atoms with Crippen molar-refractivity contribution in [2.75, 3.05) is 59.5 Å². The largest absolute Gasteiger partial charge is 0.390 e. The van der Waals surface area contributed by atoms with E-state index < -0.39 is 0 Å². The molecule has 112 valence electrons. The van der Waals surface area contributed by atoms with E-state index >= 15 is 0 Å². The van der Waals surface area contributed by atoms with Gasteiger partial charge in [-0.3, -0.25) is 4.90 Å². The van der Waals surface area contributed by atoms with Crippen molar-refractivity contribution in [1.29, 1.82) is 0 Å². The van der Waals surface area contributed by atoms with E-state index in [0.717, 1.165) is 45.9 Å². The normalized spacial score (nSPS) is 32.4. The molecule has 2 aliphatic heterocycles. The Bertz CT molecular complexity index is 259. The zero-order chi connectivity index (χ0) is 13.7. The first-order valence-electron chi connectivity index (χ1n) is 7.55. The molecule has 0 aromatic heterocycles. The van der Waals surface area contributed by atoms with Gasteiger partial charge in [0.15, 0.2) is 0 Å². The Morgan fingerprint density at radius 1 is 1.32 bits per heavy atom. The first kappa shape index (κ1) is 15.2. The van der Waals surface area contributed by atoms with E-state index in [1.165, 1.54) is 6.42 Å². The van der Waals surface area contributed by atoms with Crippen LogP contribution < -0.4 is 5.32 Å². The van der Waals surface area contributed by atoms with Crippen LogP contribution in [-0.4, -0.2) is 86.6 Å². The van der Waals surface area contributed by atoms with E-state index in [4.69, 9.17) is 4.74 Å². The lowest BCUT2D eigenvalue weighted by Crippen LogP contribution is -2.50. The summed E-state index contributed by atoms with van der Waals surface area (Å²) in [5, 5.41) is 13.7. The SMILES string of the molecule is CC1CN(C)CCC1NCC(O)CN1CCOCC1. The van der Waals surface area contributed by atoms with E-state index in [1.807, 2.05) is 0 Å². The number of ether oxygens (including phenoxy) is 1. The van der Waals surface area contributed by atoms with E-state index in [2.05, 4.69) is 29.1 Å². The summed E-state index contributed by atoms with van der Waals surface area (Å²) in [6, 6.07) is 0.551. The molecular weight excluding hydrogens is 242 g/mol. The number of aliphatic hydroxyl groups is 1. The summed E-state index contributed by atoms with van der Waals surface area (Å²) in [5.74, 6) is 0.661. The van der Waals surface area contributed by atoms with Crippen molar-refractivity contribution < 1.29 is 9.84 Å². The van der Waals surface area contributed by atoms with Crippen molar-refractivity contribution >= 4 is 0 Å². The van der Waals surface area contributed by atoms with Crippen molar-refractivity contribution in [2.45, 2.75) is 25.5 Å². The summed E-state index contributed by atoms with van der Waals surface area (Å²) in [6.45, 7) is 9.55. The molecule has 2 aliphatic rings. The molecule has 0 bridgehead atoms. The van der Waals surface area contributed by atoms with Crippen LogP contribution in [0, 0.1) is 5.92 Å². The summed E-state index contributed by atoms with van der Waals surface area (Å²) < 4.78 is 5.32. The van der Waals surface area contributed by atoms with Crippen LogP contribution in [0.15, 0.2) is 0 Å². The summed E-state index contributed by atoms with van der Waals surface area (Å²) in [4.78, 5) is 4.67. The van der Waals surface area contributed by atoms with Gasteiger partial charge in [-0.25, -0.2) is 0 Å². The molecule has 0 radical (unpaired) electrons. The zero-order valence-corrected chi connectivity index (χ0v) is 12.3. The van der Waals surface area contributed by atoms with Gasteiger partial charge in [-0.15, -0.1) is 0 Å². The Labute approximate surface area is 116 Å². The molecule has 0 aromatic rings. The van der Waals surface area contributed by atoms with Crippen molar-refractivity contribution in [3.63, 3.8) is 0 Å². The highest BCUT2D eigenvalue weighted by molar-refractivity contribution is 4.82. The highest BCUT2D eigenvalue weighted by Gasteiger charge is 2.24. The van der Waals surface area contributed by atoms with Crippen LogP contribution in [0.4, 0.5) is 0 Å². The molecule has 2 fully saturated rings. The first-order chi connectivity index (χ1) is 9.15. The number of hydrogen-bond acceptors (Lipinski definition) is 5. The zero-order valence-electron chi connectivity index (χ0n) is 12.3. The standard InChI is InChI=1S/C14H29N3O2/c1-12-10-16(2)4-3-14(12)15-9-13(18)11-17-5-7-19-8-6-17/h12-15,18H,3-11H2,1-2H3. The second-order valence-electron chi connectivity index (χ2n) is 6.11. The maximum atomic E-state index is 10.1. The molecule has 0 aromatic carbocycles. The topological polar surface area (TPSA) is 48.0 Å². The number of aliphatic hydroxyl groups excluding tert-OH is 1. The Hall–Kier alpha value is -0.200. The number of hydrogen-bond donors (Lipinski definition) is 2. The van der Waals surface area contributed by atoms with Crippen LogP contribution in [0.3, 0.4) is 0 Å². The highest BCUT2D eigenvalue weighted by atomic mass is 16.5. The van der Waals surface area contributed by atoms with Gasteiger partial charge in [0.25, 0.3) is 0 Å². The molecule has 0 aliphatic carbocycles.